The summed E-state index contributed by atoms with van der Waals surface area (Å²) < 4.78 is 38.4. The Bertz CT molecular complexity index is 694. The van der Waals surface area contributed by atoms with E-state index in [2.05, 4.69) is 4.98 Å². The number of pyridine rings is 1. The van der Waals surface area contributed by atoms with Gasteiger partial charge in [0.25, 0.3) is 5.91 Å². The SMILES string of the molecule is CCN(CC)C(=O)c1cncc(-c2cccc(C(F)(F)F)c2)c1. The zero-order valence-corrected chi connectivity index (χ0v) is 12.9. The first-order chi connectivity index (χ1) is 10.9. The standard InChI is InChI=1S/C17H17F3N2O/c1-3-22(4-2)16(23)14-8-13(10-21-11-14)12-6-5-7-15(9-12)17(18,19)20/h5-11H,3-4H2,1-2H3. The Labute approximate surface area is 132 Å². The predicted octanol–water partition coefficient (Wildman–Crippen LogP) is 4.25. The van der Waals surface area contributed by atoms with E-state index in [4.69, 9.17) is 0 Å². The Kier molecular flexibility index (Phi) is 5.03. The topological polar surface area (TPSA) is 33.2 Å². The van der Waals surface area contributed by atoms with Crippen molar-refractivity contribution in [1.82, 2.24) is 9.88 Å². The van der Waals surface area contributed by atoms with Crippen LogP contribution in [0.25, 0.3) is 11.1 Å². The molecule has 0 atom stereocenters. The molecule has 2 aromatic rings. The van der Waals surface area contributed by atoms with E-state index in [1.165, 1.54) is 18.5 Å². The number of amides is 1. The molecule has 1 aromatic heterocycles. The van der Waals surface area contributed by atoms with Crippen molar-refractivity contribution in [2.75, 3.05) is 13.1 Å². The van der Waals surface area contributed by atoms with Gasteiger partial charge in [-0.05, 0) is 37.6 Å². The maximum atomic E-state index is 12.8. The van der Waals surface area contributed by atoms with Gasteiger partial charge < -0.3 is 4.90 Å². The van der Waals surface area contributed by atoms with Gasteiger partial charge in [-0.1, -0.05) is 12.1 Å². The van der Waals surface area contributed by atoms with Gasteiger partial charge in [0.15, 0.2) is 0 Å². The van der Waals surface area contributed by atoms with Crippen molar-refractivity contribution in [3.63, 3.8) is 0 Å². The fraction of sp³-hybridized carbons (Fsp3) is 0.294. The van der Waals surface area contributed by atoms with Crippen LogP contribution in [0.4, 0.5) is 13.2 Å². The van der Waals surface area contributed by atoms with Crippen LogP contribution >= 0.6 is 0 Å². The molecule has 0 bridgehead atoms. The molecule has 23 heavy (non-hydrogen) atoms. The highest BCUT2D eigenvalue weighted by molar-refractivity contribution is 5.95. The van der Waals surface area contributed by atoms with Gasteiger partial charge in [0.1, 0.15) is 0 Å². The number of nitrogens with zero attached hydrogens (tertiary/aromatic N) is 2. The second-order valence-corrected chi connectivity index (χ2v) is 5.02. The first kappa shape index (κ1) is 17.0. The van der Waals surface area contributed by atoms with Crippen LogP contribution in [0.15, 0.2) is 42.7 Å². The maximum Gasteiger partial charge on any atom is 0.416 e. The molecule has 0 spiro atoms. The highest BCUT2D eigenvalue weighted by Gasteiger charge is 2.30. The third-order valence-electron chi connectivity index (χ3n) is 3.56. The summed E-state index contributed by atoms with van der Waals surface area (Å²) in [5.74, 6) is -0.184. The number of aromatic nitrogens is 1. The summed E-state index contributed by atoms with van der Waals surface area (Å²) in [6.07, 6.45) is -1.52. The third kappa shape index (κ3) is 3.88. The summed E-state index contributed by atoms with van der Waals surface area (Å²) >= 11 is 0. The van der Waals surface area contributed by atoms with Crippen molar-refractivity contribution in [2.45, 2.75) is 20.0 Å². The molecular formula is C17H17F3N2O. The largest absolute Gasteiger partial charge is 0.416 e. The van der Waals surface area contributed by atoms with E-state index in [-0.39, 0.29) is 5.91 Å². The van der Waals surface area contributed by atoms with Gasteiger partial charge in [-0.2, -0.15) is 13.2 Å². The Balaban J connectivity index is 2.39. The summed E-state index contributed by atoms with van der Waals surface area (Å²) in [6.45, 7) is 4.85. The minimum absolute atomic E-state index is 0.184. The van der Waals surface area contributed by atoms with Gasteiger partial charge in [0.2, 0.25) is 0 Å². The van der Waals surface area contributed by atoms with Crippen LogP contribution in [0.5, 0.6) is 0 Å². The predicted molar refractivity (Wildman–Crippen MR) is 81.9 cm³/mol. The number of benzene rings is 1. The van der Waals surface area contributed by atoms with E-state index in [1.807, 2.05) is 13.8 Å². The molecule has 0 aliphatic carbocycles. The van der Waals surface area contributed by atoms with Gasteiger partial charge in [-0.15, -0.1) is 0 Å². The normalized spacial score (nSPS) is 11.3. The van der Waals surface area contributed by atoms with E-state index in [0.29, 0.717) is 29.8 Å². The number of carbonyl (C=O) groups is 1. The summed E-state index contributed by atoms with van der Waals surface area (Å²) in [5, 5.41) is 0. The van der Waals surface area contributed by atoms with Gasteiger partial charge in [-0.25, -0.2) is 0 Å². The molecule has 0 aliphatic rings. The van der Waals surface area contributed by atoms with E-state index < -0.39 is 11.7 Å². The molecule has 0 aliphatic heterocycles. The lowest BCUT2D eigenvalue weighted by atomic mass is 10.0. The lowest BCUT2D eigenvalue weighted by Crippen LogP contribution is -2.30. The second kappa shape index (κ2) is 6.81. The minimum Gasteiger partial charge on any atom is -0.339 e. The third-order valence-corrected chi connectivity index (χ3v) is 3.56. The molecule has 0 saturated carbocycles. The quantitative estimate of drug-likeness (QED) is 0.843. The highest BCUT2D eigenvalue weighted by Crippen LogP contribution is 2.32. The molecule has 0 saturated heterocycles. The van der Waals surface area contributed by atoms with Crippen molar-refractivity contribution in [1.29, 1.82) is 0 Å². The average molecular weight is 322 g/mol. The Hall–Kier alpha value is -2.37. The van der Waals surface area contributed by atoms with Gasteiger partial charge in [0.05, 0.1) is 11.1 Å². The maximum absolute atomic E-state index is 12.8. The molecule has 2 rings (SSSR count). The van der Waals surface area contributed by atoms with Crippen molar-refractivity contribution in [3.8, 4) is 11.1 Å². The monoisotopic (exact) mass is 322 g/mol. The van der Waals surface area contributed by atoms with Crippen LogP contribution in [-0.2, 0) is 6.18 Å². The second-order valence-electron chi connectivity index (χ2n) is 5.02. The zero-order chi connectivity index (χ0) is 17.0. The van der Waals surface area contributed by atoms with Crippen LogP contribution in [0, 0.1) is 0 Å². The van der Waals surface area contributed by atoms with Crippen LogP contribution in [-0.4, -0.2) is 28.9 Å². The van der Waals surface area contributed by atoms with E-state index in [0.717, 1.165) is 12.1 Å². The van der Waals surface area contributed by atoms with Crippen molar-refractivity contribution in [3.05, 3.63) is 53.9 Å². The molecule has 1 amide bonds. The van der Waals surface area contributed by atoms with Crippen LogP contribution in [0.1, 0.15) is 29.8 Å². The van der Waals surface area contributed by atoms with Crippen molar-refractivity contribution in [2.24, 2.45) is 0 Å². The van der Waals surface area contributed by atoms with Gasteiger partial charge >= 0.3 is 6.18 Å². The lowest BCUT2D eigenvalue weighted by molar-refractivity contribution is -0.137. The van der Waals surface area contributed by atoms with Crippen LogP contribution in [0.3, 0.4) is 0 Å². The number of hydrogen-bond acceptors (Lipinski definition) is 2. The number of halogens is 3. The molecule has 0 radical (unpaired) electrons. The van der Waals surface area contributed by atoms with Gasteiger partial charge in [-0.3, -0.25) is 9.78 Å². The number of alkyl halides is 3. The summed E-state index contributed by atoms with van der Waals surface area (Å²) in [6, 6.07) is 6.56. The molecule has 1 aromatic carbocycles. The van der Waals surface area contributed by atoms with Crippen LogP contribution < -0.4 is 0 Å². The Morgan fingerprint density at radius 2 is 1.78 bits per heavy atom. The van der Waals surface area contributed by atoms with Gasteiger partial charge in [0, 0.05) is 31.0 Å². The summed E-state index contributed by atoms with van der Waals surface area (Å²) in [4.78, 5) is 18.0. The average Bonchev–Trinajstić information content (AvgIpc) is 2.55. The zero-order valence-electron chi connectivity index (χ0n) is 12.9. The molecule has 0 unspecified atom stereocenters. The molecular weight excluding hydrogens is 305 g/mol. The van der Waals surface area contributed by atoms with E-state index in [9.17, 15) is 18.0 Å². The molecule has 1 heterocycles. The van der Waals surface area contributed by atoms with E-state index in [1.54, 1.807) is 17.0 Å². The Morgan fingerprint density at radius 1 is 1.09 bits per heavy atom. The fourth-order valence-electron chi connectivity index (χ4n) is 2.28. The summed E-state index contributed by atoms with van der Waals surface area (Å²) in [7, 11) is 0. The van der Waals surface area contributed by atoms with Crippen molar-refractivity contribution < 1.29 is 18.0 Å². The number of hydrogen-bond donors (Lipinski definition) is 0. The molecule has 122 valence electrons. The minimum atomic E-state index is -4.40. The molecule has 3 nitrogen and oxygen atoms in total. The van der Waals surface area contributed by atoms with Crippen LogP contribution in [0.2, 0.25) is 0 Å². The fourth-order valence-corrected chi connectivity index (χ4v) is 2.28. The first-order valence-electron chi connectivity index (χ1n) is 7.28. The number of carbonyl (C=O) groups excluding carboxylic acids is 1. The number of rotatable bonds is 4. The van der Waals surface area contributed by atoms with E-state index >= 15 is 0 Å². The molecule has 0 N–H and O–H groups in total. The lowest BCUT2D eigenvalue weighted by Gasteiger charge is -2.18. The Morgan fingerprint density at radius 3 is 2.39 bits per heavy atom. The summed E-state index contributed by atoms with van der Waals surface area (Å²) in [5.41, 5.74) is 0.495. The molecule has 6 heteroatoms. The smallest absolute Gasteiger partial charge is 0.339 e. The highest BCUT2D eigenvalue weighted by atomic mass is 19.4. The first-order valence-corrected chi connectivity index (χ1v) is 7.28. The van der Waals surface area contributed by atoms with Crippen molar-refractivity contribution >= 4 is 5.91 Å². The molecule has 0 fully saturated rings.